The van der Waals surface area contributed by atoms with E-state index in [4.69, 9.17) is 5.84 Å². The van der Waals surface area contributed by atoms with Crippen LogP contribution in [0.2, 0.25) is 0 Å². The summed E-state index contributed by atoms with van der Waals surface area (Å²) >= 11 is 0. The number of unbranched alkanes of at least 4 members (excludes halogenated alkanes) is 3. The largest absolute Gasteiger partial charge is 0.508 e. The van der Waals surface area contributed by atoms with Gasteiger partial charge in [0, 0.05) is 11.6 Å². The van der Waals surface area contributed by atoms with Crippen molar-refractivity contribution in [1.82, 2.24) is 5.43 Å². The van der Waals surface area contributed by atoms with Crippen LogP contribution >= 0.6 is 0 Å². The molecular formula is C13H22N2O. The molecule has 0 amide bonds. The summed E-state index contributed by atoms with van der Waals surface area (Å²) in [5.74, 6) is 5.85. The third-order valence-corrected chi connectivity index (χ3v) is 2.86. The summed E-state index contributed by atoms with van der Waals surface area (Å²) in [6, 6.07) is 7.42. The molecule has 0 saturated heterocycles. The molecule has 0 aliphatic rings. The lowest BCUT2D eigenvalue weighted by atomic mass is 10.00. The van der Waals surface area contributed by atoms with Crippen molar-refractivity contribution in [2.75, 3.05) is 0 Å². The monoisotopic (exact) mass is 222 g/mol. The Kier molecular flexibility index (Phi) is 5.90. The Morgan fingerprint density at radius 3 is 2.62 bits per heavy atom. The zero-order valence-corrected chi connectivity index (χ0v) is 9.95. The van der Waals surface area contributed by atoms with Gasteiger partial charge in [0.1, 0.15) is 5.75 Å². The van der Waals surface area contributed by atoms with Crippen molar-refractivity contribution in [2.45, 2.75) is 45.1 Å². The van der Waals surface area contributed by atoms with Gasteiger partial charge in [-0.3, -0.25) is 11.3 Å². The van der Waals surface area contributed by atoms with Gasteiger partial charge in [0.25, 0.3) is 0 Å². The molecule has 0 saturated carbocycles. The Hall–Kier alpha value is -1.06. The molecule has 0 fully saturated rings. The Morgan fingerprint density at radius 2 is 2.00 bits per heavy atom. The minimum atomic E-state index is 0.0538. The van der Waals surface area contributed by atoms with E-state index in [-0.39, 0.29) is 6.04 Å². The lowest BCUT2D eigenvalue weighted by Crippen LogP contribution is -2.28. The molecule has 0 radical (unpaired) electrons. The molecule has 3 heteroatoms. The summed E-state index contributed by atoms with van der Waals surface area (Å²) in [5.41, 5.74) is 3.67. The predicted octanol–water partition coefficient (Wildman–Crippen LogP) is 2.87. The number of hydrogen-bond acceptors (Lipinski definition) is 3. The van der Waals surface area contributed by atoms with Crippen LogP contribution in [0.4, 0.5) is 0 Å². The molecule has 1 rings (SSSR count). The highest BCUT2D eigenvalue weighted by molar-refractivity contribution is 5.34. The average molecular weight is 222 g/mol. The Morgan fingerprint density at radius 1 is 1.25 bits per heavy atom. The minimum Gasteiger partial charge on any atom is -0.508 e. The topological polar surface area (TPSA) is 58.3 Å². The molecule has 1 atom stereocenters. The van der Waals surface area contributed by atoms with Crippen LogP contribution in [0.3, 0.4) is 0 Å². The van der Waals surface area contributed by atoms with E-state index in [0.29, 0.717) is 5.75 Å². The van der Waals surface area contributed by atoms with Crippen LogP contribution in [0.5, 0.6) is 5.75 Å². The van der Waals surface area contributed by atoms with Gasteiger partial charge in [-0.05, 0) is 12.5 Å². The zero-order valence-electron chi connectivity index (χ0n) is 9.95. The van der Waals surface area contributed by atoms with Gasteiger partial charge in [-0.15, -0.1) is 0 Å². The fourth-order valence-corrected chi connectivity index (χ4v) is 1.89. The normalized spacial score (nSPS) is 12.6. The number of nitrogens with two attached hydrogens (primary N) is 1. The number of phenols is 1. The van der Waals surface area contributed by atoms with E-state index >= 15 is 0 Å². The zero-order chi connectivity index (χ0) is 11.8. The number of hydrazine groups is 1. The molecule has 1 aromatic rings. The summed E-state index contributed by atoms with van der Waals surface area (Å²) in [5, 5.41) is 9.72. The molecule has 0 spiro atoms. The van der Waals surface area contributed by atoms with E-state index < -0.39 is 0 Å². The minimum absolute atomic E-state index is 0.0538. The third-order valence-electron chi connectivity index (χ3n) is 2.86. The van der Waals surface area contributed by atoms with E-state index in [1.807, 2.05) is 18.2 Å². The fraction of sp³-hybridized carbons (Fsp3) is 0.538. The van der Waals surface area contributed by atoms with Gasteiger partial charge in [0.15, 0.2) is 0 Å². The molecule has 0 aromatic heterocycles. The first-order chi connectivity index (χ1) is 7.79. The first kappa shape index (κ1) is 13.0. The lowest BCUT2D eigenvalue weighted by molar-refractivity contribution is 0.430. The second kappa shape index (κ2) is 7.25. The van der Waals surface area contributed by atoms with Crippen LogP contribution in [0.15, 0.2) is 24.3 Å². The molecule has 0 bridgehead atoms. The van der Waals surface area contributed by atoms with Crippen molar-refractivity contribution >= 4 is 0 Å². The van der Waals surface area contributed by atoms with E-state index in [2.05, 4.69) is 12.3 Å². The first-order valence-corrected chi connectivity index (χ1v) is 6.03. The smallest absolute Gasteiger partial charge is 0.120 e. The van der Waals surface area contributed by atoms with Crippen LogP contribution in [0.25, 0.3) is 0 Å². The third kappa shape index (κ3) is 3.83. The number of benzene rings is 1. The standard InChI is InChI=1S/C13H22N2O/c1-2-3-4-5-9-12(15-14)11-8-6-7-10-13(11)16/h6-8,10,12,15-16H,2-5,9,14H2,1H3. The van der Waals surface area contributed by atoms with Crippen molar-refractivity contribution in [3.05, 3.63) is 29.8 Å². The van der Waals surface area contributed by atoms with Gasteiger partial charge in [0.05, 0.1) is 0 Å². The number of rotatable bonds is 7. The van der Waals surface area contributed by atoms with E-state index in [1.54, 1.807) is 6.07 Å². The first-order valence-electron chi connectivity index (χ1n) is 6.03. The maximum absolute atomic E-state index is 9.72. The van der Waals surface area contributed by atoms with Crippen LogP contribution in [-0.4, -0.2) is 5.11 Å². The quantitative estimate of drug-likeness (QED) is 0.378. The van der Waals surface area contributed by atoms with Crippen molar-refractivity contribution < 1.29 is 5.11 Å². The highest BCUT2D eigenvalue weighted by Crippen LogP contribution is 2.26. The van der Waals surface area contributed by atoms with Crippen LogP contribution < -0.4 is 11.3 Å². The number of phenolic OH excluding ortho intramolecular Hbond substituents is 1. The molecular weight excluding hydrogens is 200 g/mol. The number of aromatic hydroxyl groups is 1. The maximum atomic E-state index is 9.72. The SMILES string of the molecule is CCCCCCC(NN)c1ccccc1O. The van der Waals surface area contributed by atoms with Gasteiger partial charge in [-0.1, -0.05) is 50.8 Å². The lowest BCUT2D eigenvalue weighted by Gasteiger charge is -2.17. The molecule has 16 heavy (non-hydrogen) atoms. The molecule has 0 heterocycles. The van der Waals surface area contributed by atoms with Gasteiger partial charge in [-0.25, -0.2) is 0 Å². The summed E-state index contributed by atoms with van der Waals surface area (Å²) < 4.78 is 0. The van der Waals surface area contributed by atoms with E-state index in [1.165, 1.54) is 19.3 Å². The van der Waals surface area contributed by atoms with Crippen molar-refractivity contribution in [1.29, 1.82) is 0 Å². The number of hydrogen-bond donors (Lipinski definition) is 3. The van der Waals surface area contributed by atoms with Crippen molar-refractivity contribution in [3.63, 3.8) is 0 Å². The van der Waals surface area contributed by atoms with Crippen molar-refractivity contribution in [3.8, 4) is 5.75 Å². The summed E-state index contributed by atoms with van der Waals surface area (Å²) in [6.07, 6.45) is 5.82. The average Bonchev–Trinajstić information content (AvgIpc) is 2.31. The van der Waals surface area contributed by atoms with Crippen LogP contribution in [0, 0.1) is 0 Å². The van der Waals surface area contributed by atoms with Crippen LogP contribution in [-0.2, 0) is 0 Å². The van der Waals surface area contributed by atoms with Crippen LogP contribution in [0.1, 0.15) is 50.6 Å². The van der Waals surface area contributed by atoms with E-state index in [9.17, 15) is 5.11 Å². The Bertz CT molecular complexity index is 302. The van der Waals surface area contributed by atoms with Crippen molar-refractivity contribution in [2.24, 2.45) is 5.84 Å². The molecule has 3 nitrogen and oxygen atoms in total. The summed E-state index contributed by atoms with van der Waals surface area (Å²) in [6.45, 7) is 2.20. The van der Waals surface area contributed by atoms with Gasteiger partial charge in [0.2, 0.25) is 0 Å². The molecule has 0 aliphatic carbocycles. The highest BCUT2D eigenvalue weighted by atomic mass is 16.3. The van der Waals surface area contributed by atoms with Gasteiger partial charge >= 0.3 is 0 Å². The Balaban J connectivity index is 2.51. The second-order valence-electron chi connectivity index (χ2n) is 4.13. The predicted molar refractivity (Wildman–Crippen MR) is 66.9 cm³/mol. The number of nitrogens with one attached hydrogen (secondary N) is 1. The maximum Gasteiger partial charge on any atom is 0.120 e. The second-order valence-corrected chi connectivity index (χ2v) is 4.13. The summed E-state index contributed by atoms with van der Waals surface area (Å²) in [4.78, 5) is 0. The molecule has 1 unspecified atom stereocenters. The van der Waals surface area contributed by atoms with E-state index in [0.717, 1.165) is 18.4 Å². The molecule has 1 aromatic carbocycles. The fourth-order valence-electron chi connectivity index (χ4n) is 1.89. The highest BCUT2D eigenvalue weighted by Gasteiger charge is 2.12. The Labute approximate surface area is 97.6 Å². The molecule has 90 valence electrons. The molecule has 0 aliphatic heterocycles. The summed E-state index contributed by atoms with van der Waals surface area (Å²) in [7, 11) is 0. The van der Waals surface area contributed by atoms with Gasteiger partial charge < -0.3 is 5.11 Å². The van der Waals surface area contributed by atoms with Gasteiger partial charge in [-0.2, -0.15) is 0 Å². The molecule has 4 N–H and O–H groups in total. The number of para-hydroxylation sites is 1.